The monoisotopic (exact) mass is 141 g/mol. The second-order valence-electron chi connectivity index (χ2n) is 0.719. The Kier molecular flexibility index (Phi) is 12.2. The van der Waals surface area contributed by atoms with Crippen molar-refractivity contribution < 1.29 is 17.9 Å². The van der Waals surface area contributed by atoms with Crippen molar-refractivity contribution in [3.63, 3.8) is 0 Å². The average molecular weight is 141 g/mol. The first-order valence-corrected chi connectivity index (χ1v) is 1.36. The molecule has 0 saturated heterocycles. The van der Waals surface area contributed by atoms with E-state index in [9.17, 15) is 13.2 Å². The summed E-state index contributed by atoms with van der Waals surface area (Å²) in [5.74, 6) is -0.664. The molecule has 0 rings (SSSR count). The van der Waals surface area contributed by atoms with Crippen molar-refractivity contribution in [1.29, 1.82) is 0 Å². The van der Waals surface area contributed by atoms with Crippen LogP contribution in [0.15, 0.2) is 11.9 Å². The van der Waals surface area contributed by atoms with Crippen molar-refractivity contribution >= 4 is 0 Å². The second-order valence-corrected chi connectivity index (χ2v) is 0.719. The predicted octanol–water partition coefficient (Wildman–Crippen LogP) is -0.663. The summed E-state index contributed by atoms with van der Waals surface area (Å²) in [5.41, 5.74) is 0. The van der Waals surface area contributed by atoms with Crippen LogP contribution in [0.4, 0.5) is 13.2 Å². The molecule has 0 aromatic carbocycles. The average Bonchev–Trinajstić information content (AvgIpc) is 1.65. The molecule has 0 amide bonds. The minimum absolute atomic E-state index is 0. The standard InChI is InChI=1S/C4HF3.CH4.FH/c1-2-3(5)4(6)7;;/h1H;1H4;1H/p-1. The van der Waals surface area contributed by atoms with E-state index in [0.29, 0.717) is 0 Å². The molecule has 0 atom stereocenters. The molecule has 0 aromatic rings. The second kappa shape index (κ2) is 7.02. The summed E-state index contributed by atoms with van der Waals surface area (Å²) in [5, 5.41) is 0. The van der Waals surface area contributed by atoms with E-state index in [-0.39, 0.29) is 12.1 Å². The smallest absolute Gasteiger partial charge is 0.314 e. The van der Waals surface area contributed by atoms with Crippen LogP contribution in [0.1, 0.15) is 7.43 Å². The lowest BCUT2D eigenvalue weighted by Crippen LogP contribution is -3.00. The maximum absolute atomic E-state index is 11.1. The molecule has 0 aliphatic rings. The van der Waals surface area contributed by atoms with E-state index in [1.807, 2.05) is 0 Å². The lowest BCUT2D eigenvalue weighted by atomic mass is 10.6. The number of allylic oxidation sites excluding steroid dienone is 1. The molecule has 0 spiro atoms. The van der Waals surface area contributed by atoms with Gasteiger partial charge in [-0.1, -0.05) is 7.43 Å². The highest BCUT2D eigenvalue weighted by atomic mass is 19.3. The first-order valence-electron chi connectivity index (χ1n) is 1.36. The SMILES string of the molecule is C.C#CC(F)=C(F)F.[F-]. The van der Waals surface area contributed by atoms with Gasteiger partial charge in [0, 0.05) is 0 Å². The van der Waals surface area contributed by atoms with Crippen molar-refractivity contribution in [2.45, 2.75) is 7.43 Å². The maximum atomic E-state index is 11.1. The molecule has 0 bridgehead atoms. The molecule has 0 nitrogen and oxygen atoms in total. The predicted molar refractivity (Wildman–Crippen MR) is 25.9 cm³/mol. The van der Waals surface area contributed by atoms with E-state index in [1.165, 1.54) is 0 Å². The van der Waals surface area contributed by atoms with E-state index in [4.69, 9.17) is 0 Å². The summed E-state index contributed by atoms with van der Waals surface area (Å²) in [6.45, 7) is 0. The molecule has 0 aliphatic heterocycles. The molecule has 0 N–H and O–H groups in total. The van der Waals surface area contributed by atoms with Crippen molar-refractivity contribution in [2.75, 3.05) is 0 Å². The van der Waals surface area contributed by atoms with E-state index in [2.05, 4.69) is 6.42 Å². The fourth-order valence-electron chi connectivity index (χ4n) is 0.0546. The molecule has 0 radical (unpaired) electrons. The summed E-state index contributed by atoms with van der Waals surface area (Å²) in [4.78, 5) is 0. The zero-order chi connectivity index (χ0) is 5.86. The number of hydrogen-bond donors (Lipinski definition) is 0. The third-order valence-corrected chi connectivity index (χ3v) is 0.293. The molecule has 9 heavy (non-hydrogen) atoms. The first kappa shape index (κ1) is 15.7. The quantitative estimate of drug-likeness (QED) is 0.310. The van der Waals surface area contributed by atoms with Crippen LogP contribution in [-0.4, -0.2) is 0 Å². The fourth-order valence-corrected chi connectivity index (χ4v) is 0.0546. The highest BCUT2D eigenvalue weighted by Gasteiger charge is 1.96. The van der Waals surface area contributed by atoms with Gasteiger partial charge in [-0.3, -0.25) is 0 Å². The Morgan fingerprint density at radius 1 is 1.22 bits per heavy atom. The third kappa shape index (κ3) is 7.02. The number of halogens is 4. The molecule has 0 saturated carbocycles. The van der Waals surface area contributed by atoms with Gasteiger partial charge in [0.1, 0.15) is 0 Å². The Hall–Kier alpha value is -0.980. The van der Waals surface area contributed by atoms with Gasteiger partial charge < -0.3 is 4.70 Å². The van der Waals surface area contributed by atoms with Crippen LogP contribution in [0.5, 0.6) is 0 Å². The van der Waals surface area contributed by atoms with Crippen LogP contribution in [0.25, 0.3) is 0 Å². The lowest BCUT2D eigenvalue weighted by molar-refractivity contribution is -0.00000394. The molecule has 0 aliphatic carbocycles. The minimum Gasteiger partial charge on any atom is -1.00 e. The minimum atomic E-state index is -2.44. The Bertz CT molecular complexity index is 126. The topological polar surface area (TPSA) is 0 Å². The molecule has 0 unspecified atom stereocenters. The van der Waals surface area contributed by atoms with Crippen LogP contribution in [0, 0.1) is 12.3 Å². The summed E-state index contributed by atoms with van der Waals surface area (Å²) < 4.78 is 32.7. The van der Waals surface area contributed by atoms with Gasteiger partial charge in [0.05, 0.1) is 0 Å². The molecule has 0 fully saturated rings. The van der Waals surface area contributed by atoms with Gasteiger partial charge in [-0.05, 0) is 5.92 Å². The fraction of sp³-hybridized carbons (Fsp3) is 0.200. The molecule has 0 heterocycles. The molecular formula is C5H5F4-. The van der Waals surface area contributed by atoms with Gasteiger partial charge in [0.15, 0.2) is 0 Å². The largest absolute Gasteiger partial charge is 1.00 e. The molecule has 54 valence electrons. The first-order chi connectivity index (χ1) is 3.18. The Labute approximate surface area is 50.7 Å². The highest BCUT2D eigenvalue weighted by molar-refractivity contribution is 5.17. The Morgan fingerprint density at radius 3 is 1.56 bits per heavy atom. The highest BCUT2D eigenvalue weighted by Crippen LogP contribution is 2.05. The van der Waals surface area contributed by atoms with Gasteiger partial charge in [0.2, 0.25) is 5.83 Å². The zero-order valence-corrected chi connectivity index (χ0v) is 3.59. The third-order valence-electron chi connectivity index (χ3n) is 0.293. The van der Waals surface area contributed by atoms with Crippen molar-refractivity contribution in [2.24, 2.45) is 0 Å². The molecule has 0 aromatic heterocycles. The van der Waals surface area contributed by atoms with Crippen LogP contribution < -0.4 is 4.70 Å². The van der Waals surface area contributed by atoms with E-state index in [0.717, 1.165) is 5.92 Å². The van der Waals surface area contributed by atoms with Gasteiger partial charge in [0.25, 0.3) is 0 Å². The lowest BCUT2D eigenvalue weighted by Gasteiger charge is -1.73. The normalized spacial score (nSPS) is 5.56. The maximum Gasteiger partial charge on any atom is 0.314 e. The van der Waals surface area contributed by atoms with E-state index < -0.39 is 11.9 Å². The van der Waals surface area contributed by atoms with Gasteiger partial charge >= 0.3 is 6.08 Å². The summed E-state index contributed by atoms with van der Waals surface area (Å²) in [7, 11) is 0. The molecular weight excluding hydrogens is 136 g/mol. The van der Waals surface area contributed by atoms with E-state index >= 15 is 0 Å². The van der Waals surface area contributed by atoms with Crippen LogP contribution in [-0.2, 0) is 0 Å². The summed E-state index contributed by atoms with van der Waals surface area (Å²) >= 11 is 0. The summed E-state index contributed by atoms with van der Waals surface area (Å²) in [6, 6.07) is 0. The molecule has 4 heteroatoms. The number of rotatable bonds is 0. The zero-order valence-electron chi connectivity index (χ0n) is 3.59. The number of hydrogen-bond acceptors (Lipinski definition) is 0. The van der Waals surface area contributed by atoms with Gasteiger partial charge in [-0.2, -0.15) is 13.2 Å². The van der Waals surface area contributed by atoms with Crippen LogP contribution in [0.3, 0.4) is 0 Å². The number of terminal acetylenes is 1. The Morgan fingerprint density at radius 2 is 1.56 bits per heavy atom. The van der Waals surface area contributed by atoms with Crippen LogP contribution in [0.2, 0.25) is 0 Å². The van der Waals surface area contributed by atoms with Crippen LogP contribution >= 0.6 is 0 Å². The van der Waals surface area contributed by atoms with Gasteiger partial charge in [-0.15, -0.1) is 6.42 Å². The Balaban J connectivity index is -0.000000180. The van der Waals surface area contributed by atoms with E-state index in [1.54, 1.807) is 0 Å². The van der Waals surface area contributed by atoms with Crippen molar-refractivity contribution in [1.82, 2.24) is 0 Å². The van der Waals surface area contributed by atoms with Gasteiger partial charge in [-0.25, -0.2) is 0 Å². The van der Waals surface area contributed by atoms with Crippen molar-refractivity contribution in [3.05, 3.63) is 11.9 Å². The van der Waals surface area contributed by atoms with Crippen molar-refractivity contribution in [3.8, 4) is 12.3 Å². The summed E-state index contributed by atoms with van der Waals surface area (Å²) in [6.07, 6.45) is 1.77.